The Morgan fingerprint density at radius 2 is 2.13 bits per heavy atom. The summed E-state index contributed by atoms with van der Waals surface area (Å²) in [5.74, 6) is 1.13. The fraction of sp³-hybridized carbons (Fsp3) is 0.562. The first kappa shape index (κ1) is 17.5. The number of methoxy groups -OCH3 is 2. The van der Waals surface area contributed by atoms with E-state index >= 15 is 0 Å². The van der Waals surface area contributed by atoms with Crippen LogP contribution in [0.2, 0.25) is 0 Å². The summed E-state index contributed by atoms with van der Waals surface area (Å²) in [4.78, 5) is 14.1. The van der Waals surface area contributed by atoms with Crippen LogP contribution in [0.15, 0.2) is 18.2 Å². The summed E-state index contributed by atoms with van der Waals surface area (Å²) in [5.41, 5.74) is 6.33. The van der Waals surface area contributed by atoms with Gasteiger partial charge in [0.05, 0.1) is 33.5 Å². The third-order valence-electron chi connectivity index (χ3n) is 3.96. The van der Waals surface area contributed by atoms with E-state index in [4.69, 9.17) is 19.9 Å². The molecule has 1 aromatic carbocycles. The van der Waals surface area contributed by atoms with Crippen LogP contribution in [0.3, 0.4) is 0 Å². The standard InChI is InChI=1S/C16H24N2O5/c1-21-12-4-3-11(9-13(12)22-2)16-14(10-19)23-8-7-18(16)15(20)5-6-17/h3-4,9,14,16,19H,5-8,10,17H2,1-2H3. The molecular formula is C16H24N2O5. The third kappa shape index (κ3) is 3.74. The molecule has 2 atom stereocenters. The SMILES string of the molecule is COc1ccc(C2C(CO)OCCN2C(=O)CCN)cc1OC. The predicted molar refractivity (Wildman–Crippen MR) is 84.5 cm³/mol. The van der Waals surface area contributed by atoms with Crippen molar-refractivity contribution in [3.05, 3.63) is 23.8 Å². The van der Waals surface area contributed by atoms with Gasteiger partial charge >= 0.3 is 0 Å². The predicted octanol–water partition coefficient (Wildman–Crippen LogP) is 0.313. The minimum absolute atomic E-state index is 0.0472. The van der Waals surface area contributed by atoms with Crippen molar-refractivity contribution in [2.75, 3.05) is 40.5 Å². The van der Waals surface area contributed by atoms with E-state index in [1.54, 1.807) is 25.2 Å². The highest BCUT2D eigenvalue weighted by molar-refractivity contribution is 5.77. The van der Waals surface area contributed by atoms with E-state index < -0.39 is 6.10 Å². The summed E-state index contributed by atoms with van der Waals surface area (Å²) in [5, 5.41) is 9.64. The van der Waals surface area contributed by atoms with E-state index in [1.807, 2.05) is 12.1 Å². The fourth-order valence-electron chi connectivity index (χ4n) is 2.86. The first-order chi connectivity index (χ1) is 11.2. The monoisotopic (exact) mass is 324 g/mol. The highest BCUT2D eigenvalue weighted by Gasteiger charge is 2.36. The summed E-state index contributed by atoms with van der Waals surface area (Å²) in [6, 6.07) is 5.06. The van der Waals surface area contributed by atoms with Crippen molar-refractivity contribution in [3.8, 4) is 11.5 Å². The minimum Gasteiger partial charge on any atom is -0.493 e. The number of carbonyl (C=O) groups is 1. The van der Waals surface area contributed by atoms with Crippen LogP contribution in [0, 0.1) is 0 Å². The number of nitrogens with two attached hydrogens (primary N) is 1. The summed E-state index contributed by atoms with van der Waals surface area (Å²) in [7, 11) is 3.12. The van der Waals surface area contributed by atoms with Crippen LogP contribution < -0.4 is 15.2 Å². The molecule has 0 aromatic heterocycles. The lowest BCUT2D eigenvalue weighted by atomic mass is 9.97. The van der Waals surface area contributed by atoms with Crippen LogP contribution in [-0.2, 0) is 9.53 Å². The van der Waals surface area contributed by atoms with Gasteiger partial charge in [0.2, 0.25) is 5.91 Å². The van der Waals surface area contributed by atoms with Gasteiger partial charge in [-0.1, -0.05) is 6.07 Å². The van der Waals surface area contributed by atoms with E-state index in [1.165, 1.54) is 0 Å². The molecule has 0 radical (unpaired) electrons. The molecular weight excluding hydrogens is 300 g/mol. The van der Waals surface area contributed by atoms with Gasteiger partial charge in [0.25, 0.3) is 0 Å². The maximum Gasteiger partial charge on any atom is 0.224 e. The third-order valence-corrected chi connectivity index (χ3v) is 3.96. The Balaban J connectivity index is 2.38. The Morgan fingerprint density at radius 3 is 2.74 bits per heavy atom. The molecule has 1 aliphatic heterocycles. The van der Waals surface area contributed by atoms with Gasteiger partial charge in [-0.15, -0.1) is 0 Å². The highest BCUT2D eigenvalue weighted by Crippen LogP contribution is 2.35. The lowest BCUT2D eigenvalue weighted by Gasteiger charge is -2.41. The number of ether oxygens (including phenoxy) is 3. The van der Waals surface area contributed by atoms with E-state index in [0.29, 0.717) is 31.2 Å². The topological polar surface area (TPSA) is 94.2 Å². The van der Waals surface area contributed by atoms with E-state index in [-0.39, 0.29) is 25.0 Å². The molecule has 2 rings (SSSR count). The number of hydrogen-bond acceptors (Lipinski definition) is 6. The Hall–Kier alpha value is -1.83. The first-order valence-corrected chi connectivity index (χ1v) is 7.60. The second-order valence-corrected chi connectivity index (χ2v) is 5.28. The zero-order chi connectivity index (χ0) is 16.8. The second kappa shape index (κ2) is 8.14. The molecule has 7 heteroatoms. The molecule has 1 aromatic rings. The van der Waals surface area contributed by atoms with E-state index in [0.717, 1.165) is 5.56 Å². The molecule has 1 amide bonds. The Kier molecular flexibility index (Phi) is 6.20. The molecule has 0 spiro atoms. The fourth-order valence-corrected chi connectivity index (χ4v) is 2.86. The summed E-state index contributed by atoms with van der Waals surface area (Å²) in [6.07, 6.45) is -0.217. The van der Waals surface area contributed by atoms with Crippen LogP contribution in [0.5, 0.6) is 11.5 Å². The number of aliphatic hydroxyl groups excluding tert-OH is 1. The molecule has 1 heterocycles. The van der Waals surface area contributed by atoms with Crippen molar-refractivity contribution < 1.29 is 24.1 Å². The number of benzene rings is 1. The molecule has 0 saturated carbocycles. The number of rotatable bonds is 6. The van der Waals surface area contributed by atoms with Gasteiger partial charge < -0.3 is 30.0 Å². The van der Waals surface area contributed by atoms with Crippen LogP contribution >= 0.6 is 0 Å². The van der Waals surface area contributed by atoms with Gasteiger partial charge in [0, 0.05) is 19.5 Å². The Bertz CT molecular complexity index is 537. The minimum atomic E-state index is -0.483. The van der Waals surface area contributed by atoms with Crippen molar-refractivity contribution in [1.29, 1.82) is 0 Å². The number of nitrogens with zero attached hydrogens (tertiary/aromatic N) is 1. The first-order valence-electron chi connectivity index (χ1n) is 7.60. The van der Waals surface area contributed by atoms with Crippen LogP contribution in [0.1, 0.15) is 18.0 Å². The van der Waals surface area contributed by atoms with Crippen molar-refractivity contribution in [1.82, 2.24) is 4.90 Å². The lowest BCUT2D eigenvalue weighted by molar-refractivity contribution is -0.149. The normalized spacial score (nSPS) is 21.1. The van der Waals surface area contributed by atoms with Gasteiger partial charge in [0.1, 0.15) is 6.10 Å². The molecule has 7 nitrogen and oxygen atoms in total. The molecule has 23 heavy (non-hydrogen) atoms. The Labute approximate surface area is 135 Å². The zero-order valence-corrected chi connectivity index (χ0v) is 13.5. The lowest BCUT2D eigenvalue weighted by Crippen LogP contribution is -2.49. The molecule has 0 aliphatic carbocycles. The van der Waals surface area contributed by atoms with E-state index in [9.17, 15) is 9.90 Å². The summed E-state index contributed by atoms with van der Waals surface area (Å²) in [6.45, 7) is 0.976. The number of amides is 1. The summed E-state index contributed by atoms with van der Waals surface area (Å²) >= 11 is 0. The summed E-state index contributed by atoms with van der Waals surface area (Å²) < 4.78 is 16.2. The second-order valence-electron chi connectivity index (χ2n) is 5.28. The van der Waals surface area contributed by atoms with Crippen LogP contribution in [0.25, 0.3) is 0 Å². The molecule has 1 saturated heterocycles. The van der Waals surface area contributed by atoms with Crippen molar-refractivity contribution in [2.45, 2.75) is 18.6 Å². The van der Waals surface area contributed by atoms with Gasteiger partial charge in [-0.05, 0) is 17.7 Å². The van der Waals surface area contributed by atoms with Crippen molar-refractivity contribution in [2.24, 2.45) is 5.73 Å². The number of hydrogen-bond donors (Lipinski definition) is 2. The molecule has 1 aliphatic rings. The average Bonchev–Trinajstić information content (AvgIpc) is 2.60. The van der Waals surface area contributed by atoms with Gasteiger partial charge in [-0.25, -0.2) is 0 Å². The van der Waals surface area contributed by atoms with Crippen LogP contribution in [-0.4, -0.2) is 62.5 Å². The smallest absolute Gasteiger partial charge is 0.224 e. The number of carbonyl (C=O) groups excluding carboxylic acids is 1. The number of aliphatic hydroxyl groups is 1. The highest BCUT2D eigenvalue weighted by atomic mass is 16.5. The maximum atomic E-state index is 12.4. The van der Waals surface area contributed by atoms with Crippen molar-refractivity contribution >= 4 is 5.91 Å². The molecule has 2 unspecified atom stereocenters. The maximum absolute atomic E-state index is 12.4. The largest absolute Gasteiger partial charge is 0.493 e. The Morgan fingerprint density at radius 1 is 1.39 bits per heavy atom. The van der Waals surface area contributed by atoms with Gasteiger partial charge in [0.15, 0.2) is 11.5 Å². The quantitative estimate of drug-likeness (QED) is 0.782. The van der Waals surface area contributed by atoms with Gasteiger partial charge in [-0.2, -0.15) is 0 Å². The molecule has 128 valence electrons. The molecule has 3 N–H and O–H groups in total. The van der Waals surface area contributed by atoms with Crippen LogP contribution in [0.4, 0.5) is 0 Å². The zero-order valence-electron chi connectivity index (χ0n) is 13.5. The molecule has 1 fully saturated rings. The van der Waals surface area contributed by atoms with E-state index in [2.05, 4.69) is 0 Å². The molecule has 0 bridgehead atoms. The number of morpholine rings is 1. The van der Waals surface area contributed by atoms with Crippen molar-refractivity contribution in [3.63, 3.8) is 0 Å². The average molecular weight is 324 g/mol. The van der Waals surface area contributed by atoms with Gasteiger partial charge in [-0.3, -0.25) is 4.79 Å².